The van der Waals surface area contributed by atoms with E-state index in [1.807, 2.05) is 23.6 Å². The number of thiazole rings is 1. The third-order valence-electron chi connectivity index (χ3n) is 3.05. The fourth-order valence-electron chi connectivity index (χ4n) is 2.00. The summed E-state index contributed by atoms with van der Waals surface area (Å²) in [6.07, 6.45) is 4.19. The van der Waals surface area contributed by atoms with Crippen molar-refractivity contribution in [3.8, 4) is 11.4 Å². The summed E-state index contributed by atoms with van der Waals surface area (Å²) in [5, 5.41) is 4.89. The van der Waals surface area contributed by atoms with Crippen molar-refractivity contribution in [2.75, 3.05) is 6.54 Å². The van der Waals surface area contributed by atoms with Crippen molar-refractivity contribution in [3.63, 3.8) is 0 Å². The molecule has 0 spiro atoms. The zero-order valence-electron chi connectivity index (χ0n) is 11.2. The number of H-pyrrole nitrogens is 1. The Balaban J connectivity index is 1.63. The van der Waals surface area contributed by atoms with E-state index < -0.39 is 0 Å². The normalized spacial score (nSPS) is 10.5. The largest absolute Gasteiger partial charge is 0.352 e. The van der Waals surface area contributed by atoms with Crippen molar-refractivity contribution < 1.29 is 4.79 Å². The van der Waals surface area contributed by atoms with Crippen molar-refractivity contribution in [1.82, 2.24) is 20.3 Å². The van der Waals surface area contributed by atoms with E-state index in [0.29, 0.717) is 12.1 Å². The van der Waals surface area contributed by atoms with Crippen LogP contribution in [0.15, 0.2) is 47.5 Å². The number of carbonyl (C=O) groups is 1. The van der Waals surface area contributed by atoms with Gasteiger partial charge in [-0.05, 0) is 12.1 Å². The summed E-state index contributed by atoms with van der Waals surface area (Å²) >= 11 is 1.56. The lowest BCUT2D eigenvalue weighted by molar-refractivity contribution is 0.0954. The summed E-state index contributed by atoms with van der Waals surface area (Å²) in [5.74, 6) is 0.672. The van der Waals surface area contributed by atoms with Crippen LogP contribution in [-0.4, -0.2) is 27.4 Å². The first-order valence-corrected chi connectivity index (χ1v) is 7.52. The lowest BCUT2D eigenvalue weighted by Crippen LogP contribution is -2.25. The molecule has 2 N–H and O–H groups in total. The van der Waals surface area contributed by atoms with Gasteiger partial charge < -0.3 is 10.3 Å². The summed E-state index contributed by atoms with van der Waals surface area (Å²) in [5.41, 5.74) is 4.32. The molecule has 0 aliphatic heterocycles. The van der Waals surface area contributed by atoms with Gasteiger partial charge in [-0.2, -0.15) is 0 Å². The Morgan fingerprint density at radius 2 is 2.29 bits per heavy atom. The van der Waals surface area contributed by atoms with E-state index in [9.17, 15) is 4.79 Å². The molecule has 0 atom stereocenters. The average Bonchev–Trinajstić information content (AvgIpc) is 3.21. The fraction of sp³-hybridized carbons (Fsp3) is 0.133. The first kappa shape index (κ1) is 13.5. The van der Waals surface area contributed by atoms with Gasteiger partial charge in [0.15, 0.2) is 0 Å². The highest BCUT2D eigenvalue weighted by atomic mass is 32.1. The van der Waals surface area contributed by atoms with Crippen LogP contribution in [0, 0.1) is 0 Å². The van der Waals surface area contributed by atoms with Gasteiger partial charge in [0.25, 0.3) is 5.91 Å². The molecule has 3 aromatic rings. The second kappa shape index (κ2) is 6.32. The number of aromatic amines is 1. The van der Waals surface area contributed by atoms with Crippen molar-refractivity contribution in [2.45, 2.75) is 6.42 Å². The molecule has 0 saturated heterocycles. The van der Waals surface area contributed by atoms with Gasteiger partial charge in [0.1, 0.15) is 5.82 Å². The number of hydrogen-bond acceptors (Lipinski definition) is 4. The first-order valence-electron chi connectivity index (χ1n) is 6.58. The Kier molecular flexibility index (Phi) is 4.07. The minimum absolute atomic E-state index is 0.0846. The van der Waals surface area contributed by atoms with Crippen molar-refractivity contribution in [3.05, 3.63) is 58.8 Å². The molecular formula is C15H14N4OS. The molecule has 0 radical (unpaired) electrons. The number of carbonyl (C=O) groups excluding carboxylic acids is 1. The van der Waals surface area contributed by atoms with Gasteiger partial charge in [0.2, 0.25) is 0 Å². The zero-order valence-corrected chi connectivity index (χ0v) is 12.1. The first-order chi connectivity index (χ1) is 10.3. The van der Waals surface area contributed by atoms with E-state index in [0.717, 1.165) is 23.5 Å². The third kappa shape index (κ3) is 3.35. The molecule has 0 aliphatic carbocycles. The summed E-state index contributed by atoms with van der Waals surface area (Å²) < 4.78 is 0. The van der Waals surface area contributed by atoms with Crippen LogP contribution in [0.2, 0.25) is 0 Å². The van der Waals surface area contributed by atoms with Crippen molar-refractivity contribution in [2.24, 2.45) is 0 Å². The maximum atomic E-state index is 12.1. The number of amides is 1. The Labute approximate surface area is 126 Å². The van der Waals surface area contributed by atoms with Gasteiger partial charge in [0.05, 0.1) is 11.2 Å². The monoisotopic (exact) mass is 298 g/mol. The SMILES string of the molecule is O=C(NCCc1cscn1)c1cccc(-c2ncc[nH]2)c1. The zero-order chi connectivity index (χ0) is 14.5. The lowest BCUT2D eigenvalue weighted by atomic mass is 10.1. The van der Waals surface area contributed by atoms with Crippen LogP contribution in [0.1, 0.15) is 16.1 Å². The minimum Gasteiger partial charge on any atom is -0.352 e. The lowest BCUT2D eigenvalue weighted by Gasteiger charge is -2.05. The predicted octanol–water partition coefficient (Wildman–Crippen LogP) is 2.51. The summed E-state index contributed by atoms with van der Waals surface area (Å²) in [4.78, 5) is 23.5. The van der Waals surface area contributed by atoms with Gasteiger partial charge in [-0.15, -0.1) is 11.3 Å². The molecule has 2 heterocycles. The van der Waals surface area contributed by atoms with Crippen LogP contribution in [0.4, 0.5) is 0 Å². The highest BCUT2D eigenvalue weighted by molar-refractivity contribution is 7.07. The van der Waals surface area contributed by atoms with Gasteiger partial charge in [-0.1, -0.05) is 12.1 Å². The second-order valence-corrected chi connectivity index (χ2v) is 5.22. The molecule has 0 unspecified atom stereocenters. The maximum Gasteiger partial charge on any atom is 0.251 e. The van der Waals surface area contributed by atoms with Crippen LogP contribution in [0.5, 0.6) is 0 Å². The molecule has 0 fully saturated rings. The molecule has 106 valence electrons. The van der Waals surface area contributed by atoms with Gasteiger partial charge >= 0.3 is 0 Å². The molecule has 0 saturated carbocycles. The fourth-order valence-corrected chi connectivity index (χ4v) is 2.59. The van der Waals surface area contributed by atoms with E-state index in [1.54, 1.807) is 35.3 Å². The Bertz CT molecular complexity index is 707. The number of imidazole rings is 1. The Hall–Kier alpha value is -2.47. The van der Waals surface area contributed by atoms with Crippen LogP contribution in [0.3, 0.4) is 0 Å². The molecule has 6 heteroatoms. The quantitative estimate of drug-likeness (QED) is 0.760. The van der Waals surface area contributed by atoms with E-state index in [-0.39, 0.29) is 5.91 Å². The third-order valence-corrected chi connectivity index (χ3v) is 3.68. The minimum atomic E-state index is -0.0846. The molecule has 3 rings (SSSR count). The van der Waals surface area contributed by atoms with E-state index in [1.165, 1.54) is 0 Å². The molecule has 0 bridgehead atoms. The van der Waals surface area contributed by atoms with Gasteiger partial charge in [-0.3, -0.25) is 4.79 Å². The Morgan fingerprint density at radius 1 is 1.33 bits per heavy atom. The van der Waals surface area contributed by atoms with Gasteiger partial charge in [-0.25, -0.2) is 9.97 Å². The molecule has 21 heavy (non-hydrogen) atoms. The summed E-state index contributed by atoms with van der Waals surface area (Å²) in [6, 6.07) is 7.40. The number of hydrogen-bond donors (Lipinski definition) is 2. The van der Waals surface area contributed by atoms with Crippen molar-refractivity contribution in [1.29, 1.82) is 0 Å². The molecule has 5 nitrogen and oxygen atoms in total. The predicted molar refractivity (Wildman–Crippen MR) is 82.2 cm³/mol. The topological polar surface area (TPSA) is 70.7 Å². The summed E-state index contributed by atoms with van der Waals surface area (Å²) in [6.45, 7) is 0.577. The number of rotatable bonds is 5. The van der Waals surface area contributed by atoms with E-state index >= 15 is 0 Å². The smallest absolute Gasteiger partial charge is 0.251 e. The Morgan fingerprint density at radius 3 is 3.05 bits per heavy atom. The van der Waals surface area contributed by atoms with Gasteiger partial charge in [0, 0.05) is 41.9 Å². The molecule has 2 aromatic heterocycles. The van der Waals surface area contributed by atoms with Crippen LogP contribution < -0.4 is 5.32 Å². The number of nitrogens with zero attached hydrogens (tertiary/aromatic N) is 2. The standard InChI is InChI=1S/C15H14N4OS/c20-15(18-5-4-13-9-21-10-19-13)12-3-1-2-11(8-12)14-16-6-7-17-14/h1-3,6-10H,4-5H2,(H,16,17)(H,18,20). The second-order valence-electron chi connectivity index (χ2n) is 4.50. The van der Waals surface area contributed by atoms with Crippen LogP contribution in [0.25, 0.3) is 11.4 Å². The highest BCUT2D eigenvalue weighted by Gasteiger charge is 2.08. The van der Waals surface area contributed by atoms with E-state index in [4.69, 9.17) is 0 Å². The number of nitrogens with one attached hydrogen (secondary N) is 2. The number of benzene rings is 1. The molecule has 0 aliphatic rings. The van der Waals surface area contributed by atoms with Crippen molar-refractivity contribution >= 4 is 17.2 Å². The van der Waals surface area contributed by atoms with Crippen LogP contribution in [-0.2, 0) is 6.42 Å². The van der Waals surface area contributed by atoms with Crippen LogP contribution >= 0.6 is 11.3 Å². The average molecular weight is 298 g/mol. The highest BCUT2D eigenvalue weighted by Crippen LogP contribution is 2.15. The number of aromatic nitrogens is 3. The maximum absolute atomic E-state index is 12.1. The van der Waals surface area contributed by atoms with E-state index in [2.05, 4.69) is 20.3 Å². The summed E-state index contributed by atoms with van der Waals surface area (Å²) in [7, 11) is 0. The molecule has 1 aromatic carbocycles. The molecular weight excluding hydrogens is 284 g/mol. The molecule has 1 amide bonds.